The van der Waals surface area contributed by atoms with Crippen molar-refractivity contribution in [2.24, 2.45) is 0 Å². The molecule has 0 amide bonds. The van der Waals surface area contributed by atoms with Gasteiger partial charge in [0.25, 0.3) is 0 Å². The van der Waals surface area contributed by atoms with E-state index in [2.05, 4.69) is 18.6 Å². The van der Waals surface area contributed by atoms with E-state index in [0.29, 0.717) is 13.2 Å². The Balaban J connectivity index is 1.59. The van der Waals surface area contributed by atoms with Crippen LogP contribution in [0.5, 0.6) is 17.2 Å². The zero-order valence-corrected chi connectivity index (χ0v) is 18.1. The molecule has 3 aromatic rings. The van der Waals surface area contributed by atoms with Crippen molar-refractivity contribution in [3.63, 3.8) is 0 Å². The molecule has 0 aliphatic rings. The molecule has 3 rings (SSSR count). The maximum absolute atomic E-state index is 13.0. The third-order valence-electron chi connectivity index (χ3n) is 5.20. The summed E-state index contributed by atoms with van der Waals surface area (Å²) in [5.41, 5.74) is 1.79. The first kappa shape index (κ1) is 22.8. The van der Waals surface area contributed by atoms with Crippen molar-refractivity contribution in [1.82, 2.24) is 0 Å². The Bertz CT molecular complexity index is 952. The molecule has 1 atom stereocenters. The van der Waals surface area contributed by atoms with E-state index >= 15 is 0 Å². The minimum absolute atomic E-state index is 0.144. The van der Waals surface area contributed by atoms with Gasteiger partial charge >= 0.3 is 6.11 Å². The van der Waals surface area contributed by atoms with Crippen LogP contribution < -0.4 is 9.47 Å². The highest BCUT2D eigenvalue weighted by Crippen LogP contribution is 2.31. The molecule has 0 aromatic heterocycles. The van der Waals surface area contributed by atoms with Crippen LogP contribution in [-0.4, -0.2) is 12.7 Å². The second kappa shape index (κ2) is 9.92. The van der Waals surface area contributed by atoms with E-state index in [-0.39, 0.29) is 11.2 Å². The topological polar surface area (TPSA) is 27.7 Å². The van der Waals surface area contributed by atoms with Crippen LogP contribution in [0.25, 0.3) is 0 Å². The fourth-order valence-corrected chi connectivity index (χ4v) is 3.24. The van der Waals surface area contributed by atoms with Crippen molar-refractivity contribution < 1.29 is 23.0 Å². The van der Waals surface area contributed by atoms with Crippen molar-refractivity contribution in [2.75, 3.05) is 6.61 Å². The first-order valence-corrected chi connectivity index (χ1v) is 10.3. The summed E-state index contributed by atoms with van der Waals surface area (Å²) in [4.78, 5) is 0. The second-order valence-corrected chi connectivity index (χ2v) is 7.90. The van der Waals surface area contributed by atoms with E-state index in [1.807, 2.05) is 66.7 Å². The molecular weight excluding hydrogens is 398 g/mol. The molecule has 5 heteroatoms. The molecule has 1 unspecified atom stereocenters. The van der Waals surface area contributed by atoms with E-state index in [1.54, 1.807) is 12.1 Å². The number of hydrogen-bond donors (Lipinski definition) is 0. The lowest BCUT2D eigenvalue weighted by atomic mass is 9.81. The van der Waals surface area contributed by atoms with Crippen LogP contribution in [0.3, 0.4) is 0 Å². The normalized spacial score (nSPS) is 13.5. The summed E-state index contributed by atoms with van der Waals surface area (Å²) in [5, 5.41) is 0. The Morgan fingerprint density at radius 1 is 0.774 bits per heavy atom. The van der Waals surface area contributed by atoms with Gasteiger partial charge in [0.1, 0.15) is 17.2 Å². The number of hydrogen-bond acceptors (Lipinski definition) is 3. The molecule has 0 aliphatic heterocycles. The van der Waals surface area contributed by atoms with Crippen molar-refractivity contribution in [3.8, 4) is 17.2 Å². The van der Waals surface area contributed by atoms with E-state index in [4.69, 9.17) is 9.47 Å². The van der Waals surface area contributed by atoms with Crippen LogP contribution >= 0.6 is 0 Å². The van der Waals surface area contributed by atoms with Crippen LogP contribution in [0.15, 0.2) is 78.9 Å². The first-order valence-electron chi connectivity index (χ1n) is 10.3. The van der Waals surface area contributed by atoms with Gasteiger partial charge in [-0.2, -0.15) is 8.78 Å². The number of para-hydroxylation sites is 1. The van der Waals surface area contributed by atoms with Gasteiger partial charge in [0.05, 0.1) is 13.2 Å². The van der Waals surface area contributed by atoms with Gasteiger partial charge in [0.15, 0.2) is 0 Å². The Kier molecular flexibility index (Phi) is 7.29. The summed E-state index contributed by atoms with van der Waals surface area (Å²) in [6.07, 6.45) is -2.36. The van der Waals surface area contributed by atoms with Gasteiger partial charge in [0, 0.05) is 12.3 Å². The molecule has 0 aliphatic carbocycles. The molecule has 0 saturated heterocycles. The Morgan fingerprint density at radius 2 is 1.45 bits per heavy atom. The fourth-order valence-electron chi connectivity index (χ4n) is 3.24. The summed E-state index contributed by atoms with van der Waals surface area (Å²) in [6, 6.07) is 24.2. The Hall–Kier alpha value is -2.92. The quantitative estimate of drug-likeness (QED) is 0.339. The predicted octanol–water partition coefficient (Wildman–Crippen LogP) is 7.35. The lowest BCUT2D eigenvalue weighted by molar-refractivity contribution is -0.158. The van der Waals surface area contributed by atoms with Gasteiger partial charge in [-0.05, 0) is 53.9 Å². The monoisotopic (exact) mass is 426 g/mol. The van der Waals surface area contributed by atoms with Gasteiger partial charge < -0.3 is 14.2 Å². The zero-order chi connectivity index (χ0) is 22.3. The van der Waals surface area contributed by atoms with E-state index < -0.39 is 6.11 Å². The summed E-state index contributed by atoms with van der Waals surface area (Å²) < 4.78 is 42.6. The summed E-state index contributed by atoms with van der Waals surface area (Å²) in [6.45, 7) is 5.86. The Morgan fingerprint density at radius 3 is 2.10 bits per heavy atom. The third kappa shape index (κ3) is 6.79. The summed E-state index contributed by atoms with van der Waals surface area (Å²) >= 11 is 0. The van der Waals surface area contributed by atoms with Gasteiger partial charge in [-0.3, -0.25) is 0 Å². The van der Waals surface area contributed by atoms with Gasteiger partial charge in [0.2, 0.25) is 0 Å². The average molecular weight is 427 g/mol. The fraction of sp³-hybridized carbons (Fsp3) is 0.308. The molecule has 3 aromatic carbocycles. The molecule has 0 fully saturated rings. The molecule has 0 bridgehead atoms. The highest BCUT2D eigenvalue weighted by Gasteiger charge is 2.26. The van der Waals surface area contributed by atoms with Crippen LogP contribution in [-0.2, 0) is 16.8 Å². The minimum atomic E-state index is -3.20. The van der Waals surface area contributed by atoms with E-state index in [0.717, 1.165) is 36.0 Å². The van der Waals surface area contributed by atoms with Crippen molar-refractivity contribution in [3.05, 3.63) is 90.0 Å². The SMILES string of the molecule is CCC(C)(COCc1cccc(Oc2ccccc2)c1)c1ccc(OC(C)(F)F)cc1. The standard InChI is InChI=1S/C26H28F2O3/c1-4-25(2,21-13-15-23(16-14-21)31-26(3,27)28)19-29-18-20-9-8-12-24(17-20)30-22-10-6-5-7-11-22/h5-17H,4,18-19H2,1-3H3. The lowest BCUT2D eigenvalue weighted by Crippen LogP contribution is -2.27. The minimum Gasteiger partial charge on any atom is -0.457 e. The van der Waals surface area contributed by atoms with E-state index in [1.165, 1.54) is 0 Å². The molecule has 31 heavy (non-hydrogen) atoms. The van der Waals surface area contributed by atoms with Crippen LogP contribution in [0.4, 0.5) is 8.78 Å². The maximum atomic E-state index is 13.0. The highest BCUT2D eigenvalue weighted by molar-refractivity contribution is 5.34. The molecular formula is C26H28F2O3. The highest BCUT2D eigenvalue weighted by atomic mass is 19.3. The Labute approximate surface area is 182 Å². The summed E-state index contributed by atoms with van der Waals surface area (Å²) in [5.74, 6) is 1.69. The molecule has 164 valence electrons. The molecule has 0 radical (unpaired) electrons. The predicted molar refractivity (Wildman–Crippen MR) is 118 cm³/mol. The number of rotatable bonds is 10. The largest absolute Gasteiger partial charge is 0.457 e. The molecule has 0 heterocycles. The average Bonchev–Trinajstić information content (AvgIpc) is 2.74. The molecule has 0 saturated carbocycles. The number of alkyl halides is 2. The van der Waals surface area contributed by atoms with Crippen molar-refractivity contribution in [2.45, 2.75) is 45.3 Å². The lowest BCUT2D eigenvalue weighted by Gasteiger charge is -2.29. The maximum Gasteiger partial charge on any atom is 0.394 e. The van der Waals surface area contributed by atoms with Crippen molar-refractivity contribution in [1.29, 1.82) is 0 Å². The molecule has 0 spiro atoms. The van der Waals surface area contributed by atoms with Gasteiger partial charge in [-0.25, -0.2) is 0 Å². The van der Waals surface area contributed by atoms with Crippen LogP contribution in [0, 0.1) is 0 Å². The second-order valence-electron chi connectivity index (χ2n) is 7.90. The van der Waals surface area contributed by atoms with Gasteiger partial charge in [-0.1, -0.05) is 56.3 Å². The summed E-state index contributed by atoms with van der Waals surface area (Å²) in [7, 11) is 0. The molecule has 0 N–H and O–H groups in total. The number of benzene rings is 3. The number of halogens is 2. The smallest absolute Gasteiger partial charge is 0.394 e. The van der Waals surface area contributed by atoms with Crippen LogP contribution in [0.1, 0.15) is 38.3 Å². The van der Waals surface area contributed by atoms with Crippen molar-refractivity contribution >= 4 is 0 Å². The third-order valence-corrected chi connectivity index (χ3v) is 5.20. The number of ether oxygens (including phenoxy) is 3. The molecule has 3 nitrogen and oxygen atoms in total. The van der Waals surface area contributed by atoms with Gasteiger partial charge in [-0.15, -0.1) is 0 Å². The van der Waals surface area contributed by atoms with E-state index in [9.17, 15) is 8.78 Å². The van der Waals surface area contributed by atoms with Crippen LogP contribution in [0.2, 0.25) is 0 Å². The zero-order valence-electron chi connectivity index (χ0n) is 18.1. The first-order chi connectivity index (χ1) is 14.8.